The van der Waals surface area contributed by atoms with Crippen LogP contribution in [0, 0.1) is 0 Å². The maximum Gasteiger partial charge on any atom is 0.364 e. The van der Waals surface area contributed by atoms with Crippen molar-refractivity contribution in [1.29, 1.82) is 0 Å². The van der Waals surface area contributed by atoms with Gasteiger partial charge in [0.1, 0.15) is 110 Å². The number of carboxylic acid groups (broad SMARTS) is 2. The summed E-state index contributed by atoms with van der Waals surface area (Å²) in [5.41, 5.74) is 5.53. The van der Waals surface area contributed by atoms with Crippen LogP contribution in [0.1, 0.15) is 52.9 Å². The highest BCUT2D eigenvalue weighted by Gasteiger charge is 2.62. The number of carbonyl (C=O) groups excluding carboxylic acids is 3. The van der Waals surface area contributed by atoms with Crippen LogP contribution in [0.25, 0.3) is 0 Å². The lowest BCUT2D eigenvalue weighted by Gasteiger charge is -2.52. The van der Waals surface area contributed by atoms with Crippen molar-refractivity contribution in [2.45, 2.75) is 217 Å². The molecule has 1 unspecified atom stereocenters. The molecule has 0 radical (unpaired) electrons. The lowest BCUT2D eigenvalue weighted by atomic mass is 9.87. The third-order valence-corrected chi connectivity index (χ3v) is 14.6. The fourth-order valence-corrected chi connectivity index (χ4v) is 10.3. The molecule has 5 heterocycles. The first-order valence-corrected chi connectivity index (χ1v) is 26.5. The molecule has 22 N–H and O–H groups in total. The first-order valence-electron chi connectivity index (χ1n) is 26.5. The molecule has 5 aliphatic heterocycles. The molecule has 480 valence electrons. The van der Waals surface area contributed by atoms with Crippen LogP contribution in [-0.2, 0) is 71.3 Å². The lowest BCUT2D eigenvalue weighted by molar-refractivity contribution is -0.401. The fourth-order valence-electron chi connectivity index (χ4n) is 10.3. The van der Waals surface area contributed by atoms with Crippen molar-refractivity contribution in [3.63, 3.8) is 0 Å². The maximum atomic E-state index is 13.8. The number of amides is 3. The summed E-state index contributed by atoms with van der Waals surface area (Å²) in [5, 5.41) is 193. The van der Waals surface area contributed by atoms with Crippen LogP contribution >= 0.6 is 0 Å². The molecule has 36 heteroatoms. The number of nitrogens with two attached hydrogens (primary N) is 1. The number of aliphatic carboxylic acids is 2. The Bertz CT molecular complexity index is 2110. The zero-order valence-corrected chi connectivity index (χ0v) is 45.2. The van der Waals surface area contributed by atoms with E-state index in [9.17, 15) is 111 Å². The van der Waals surface area contributed by atoms with Gasteiger partial charge in [0.15, 0.2) is 18.9 Å². The second-order valence-corrected chi connectivity index (χ2v) is 20.7. The molecule has 5 fully saturated rings. The van der Waals surface area contributed by atoms with Crippen molar-refractivity contribution < 1.29 is 158 Å². The average Bonchev–Trinajstić information content (AvgIpc) is 1.90. The van der Waals surface area contributed by atoms with Crippen LogP contribution in [0.4, 0.5) is 0 Å². The van der Waals surface area contributed by atoms with Gasteiger partial charge in [0.05, 0.1) is 57.3 Å². The van der Waals surface area contributed by atoms with E-state index in [0.717, 1.165) is 20.8 Å². The minimum Gasteiger partial charge on any atom is -0.477 e. The van der Waals surface area contributed by atoms with Crippen LogP contribution in [0.3, 0.4) is 0 Å². The first-order chi connectivity index (χ1) is 39.0. The van der Waals surface area contributed by atoms with Crippen molar-refractivity contribution in [1.82, 2.24) is 16.0 Å². The van der Waals surface area contributed by atoms with Crippen molar-refractivity contribution in [3.8, 4) is 0 Å². The summed E-state index contributed by atoms with van der Waals surface area (Å²) in [6, 6.07) is -5.41. The third-order valence-electron chi connectivity index (χ3n) is 14.6. The van der Waals surface area contributed by atoms with Crippen LogP contribution in [-0.4, -0.2) is 327 Å². The molecule has 5 rings (SSSR count). The molecule has 27 atom stereocenters. The number of rotatable bonds is 28. The average molecular weight is 1210 g/mol. The Kier molecular flexibility index (Phi) is 26.0. The van der Waals surface area contributed by atoms with Gasteiger partial charge in [0.25, 0.3) is 11.6 Å². The minimum absolute atomic E-state index is 0.00117. The van der Waals surface area contributed by atoms with Crippen molar-refractivity contribution in [3.05, 3.63) is 0 Å². The SMILES string of the molecule is CC(=O)N[C@H]1[C@H](O[C@@H]2[C@H](O[C@]3(C(=O)O)C[C@H](O)[C@@H](NC(C)=O)[C@H]([C@H](O)[C@H](O)CO[C@]4(C(=O)O)C[C@H](O)[C@@H](NC(C)=O)[C@H]([C@H](O)[C@H](O)CO)O4)O3)[C@@H](O)[C@H](O[C@H]3C(O)[C@@H](O)[C@H](OCCCCCN)O[C@@H]3CO)O[C@@H]2CO)O[C@H](CO)[C@H](O)[C@@H]1O. The fraction of sp³-hybridized carbons (Fsp3) is 0.894. The second kappa shape index (κ2) is 30.8. The molecule has 0 bridgehead atoms. The van der Waals surface area contributed by atoms with E-state index < -0.39 is 240 Å². The van der Waals surface area contributed by atoms with E-state index in [-0.39, 0.29) is 6.61 Å². The number of aliphatic hydroxyl groups is 15. The highest BCUT2D eigenvalue weighted by Crippen LogP contribution is 2.41. The number of nitrogens with one attached hydrogen (secondary N) is 3. The number of ether oxygens (including phenoxy) is 10. The molecule has 0 aromatic rings. The van der Waals surface area contributed by atoms with E-state index in [1.807, 2.05) is 0 Å². The Morgan fingerprint density at radius 3 is 1.55 bits per heavy atom. The molecule has 5 aliphatic rings. The Labute approximate surface area is 472 Å². The third kappa shape index (κ3) is 16.5. The van der Waals surface area contributed by atoms with E-state index in [1.54, 1.807) is 0 Å². The largest absolute Gasteiger partial charge is 0.477 e. The smallest absolute Gasteiger partial charge is 0.364 e. The molecular formula is C47H80N4O32. The molecule has 0 aromatic heterocycles. The summed E-state index contributed by atoms with van der Waals surface area (Å²) < 4.78 is 57.9. The van der Waals surface area contributed by atoms with Gasteiger partial charge in [-0.25, -0.2) is 9.59 Å². The van der Waals surface area contributed by atoms with Crippen molar-refractivity contribution in [2.75, 3.05) is 46.2 Å². The van der Waals surface area contributed by atoms with Gasteiger partial charge in [0, 0.05) is 40.2 Å². The minimum atomic E-state index is -3.48. The Hall–Kier alpha value is -3.69. The number of hydrogen-bond donors (Lipinski definition) is 21. The lowest BCUT2D eigenvalue weighted by Crippen LogP contribution is -2.72. The predicted molar refractivity (Wildman–Crippen MR) is 262 cm³/mol. The second-order valence-electron chi connectivity index (χ2n) is 20.7. The number of carboxylic acids is 2. The van der Waals surface area contributed by atoms with E-state index >= 15 is 0 Å². The molecule has 0 spiro atoms. The van der Waals surface area contributed by atoms with Crippen LogP contribution < -0.4 is 21.7 Å². The monoisotopic (exact) mass is 1210 g/mol. The summed E-state index contributed by atoms with van der Waals surface area (Å²) in [6.07, 6.45) is -47.1. The first kappa shape index (κ1) is 70.1. The quantitative estimate of drug-likeness (QED) is 0.0324. The van der Waals surface area contributed by atoms with E-state index in [2.05, 4.69) is 16.0 Å². The topological polar surface area (TPSA) is 584 Å². The summed E-state index contributed by atoms with van der Waals surface area (Å²) in [4.78, 5) is 63.7. The van der Waals surface area contributed by atoms with Crippen molar-refractivity contribution in [2.24, 2.45) is 5.73 Å². The number of aliphatic hydroxyl groups excluding tert-OH is 15. The van der Waals surface area contributed by atoms with Crippen LogP contribution in [0.2, 0.25) is 0 Å². The molecule has 83 heavy (non-hydrogen) atoms. The Morgan fingerprint density at radius 2 is 1.04 bits per heavy atom. The summed E-state index contributed by atoms with van der Waals surface area (Å²) in [5.74, 6) is -13.6. The van der Waals surface area contributed by atoms with E-state index in [1.165, 1.54) is 0 Å². The number of hydrogen-bond acceptors (Lipinski definition) is 31. The number of unbranched alkanes of at least 4 members (excludes halogenated alkanes) is 2. The molecule has 36 nitrogen and oxygen atoms in total. The van der Waals surface area contributed by atoms with Gasteiger partial charge in [-0.2, -0.15) is 0 Å². The Morgan fingerprint density at radius 1 is 0.554 bits per heavy atom. The molecule has 0 saturated carbocycles. The van der Waals surface area contributed by atoms with Gasteiger partial charge in [-0.15, -0.1) is 0 Å². The molecular weight excluding hydrogens is 1130 g/mol. The van der Waals surface area contributed by atoms with Gasteiger partial charge < -0.3 is 156 Å². The molecule has 0 aliphatic carbocycles. The highest BCUT2D eigenvalue weighted by atomic mass is 16.8. The molecule has 3 amide bonds. The van der Waals surface area contributed by atoms with E-state index in [0.29, 0.717) is 25.8 Å². The highest BCUT2D eigenvalue weighted by molar-refractivity contribution is 5.77. The predicted octanol–water partition coefficient (Wildman–Crippen LogP) is -11.9. The normalized spacial score (nSPS) is 41.0. The summed E-state index contributed by atoms with van der Waals surface area (Å²) in [6.45, 7) is -2.51. The van der Waals surface area contributed by atoms with Gasteiger partial charge in [-0.3, -0.25) is 14.4 Å². The van der Waals surface area contributed by atoms with Gasteiger partial charge in [0.2, 0.25) is 17.7 Å². The van der Waals surface area contributed by atoms with Gasteiger partial charge >= 0.3 is 11.9 Å². The molecule has 5 saturated heterocycles. The molecule has 0 aromatic carbocycles. The van der Waals surface area contributed by atoms with Crippen LogP contribution in [0.15, 0.2) is 0 Å². The maximum absolute atomic E-state index is 13.8. The summed E-state index contributed by atoms with van der Waals surface area (Å²) >= 11 is 0. The van der Waals surface area contributed by atoms with Gasteiger partial charge in [-0.05, 0) is 25.8 Å². The Balaban J connectivity index is 1.54. The van der Waals surface area contributed by atoms with Crippen LogP contribution in [0.5, 0.6) is 0 Å². The van der Waals surface area contributed by atoms with E-state index in [4.69, 9.17) is 53.1 Å². The van der Waals surface area contributed by atoms with Crippen molar-refractivity contribution >= 4 is 29.7 Å². The zero-order valence-electron chi connectivity index (χ0n) is 45.2. The standard InChI is InChI=1S/C47H80N4O32/c1-16(56)49-26-19(59)9-46(44(70)71,81-38(26)29(63)21(61)11-52)75-15-22(62)30(64)39-27(50-17(2)57)20(60)10-47(82-39,45(72)73)83-40-35(69)43(79-36-24(13-54)77-42(34(68)33(36)67)74-8-6-4-5-7-48)78-25(14-55)37(40)80-41-28(51-18(3)58)32(66)31(65)23(12-53)76-41/h19-43,52-55,59-69H,4-15,48H2,1-3H3,(H,49,56)(H,50,57)(H,51,58)(H,70,71)(H,72,73)/t19-,20-,21+,22+,23+,24+,25+,26+,27+,28+,29+,30+,31-,32+,33?,34+,35+,36+,37-,38+,39+,40+,41-,42+,43-,46+,47-/m0/s1. The number of carbonyl (C=O) groups is 5. The zero-order chi connectivity index (χ0) is 62.0. The summed E-state index contributed by atoms with van der Waals surface area (Å²) in [7, 11) is 0. The van der Waals surface area contributed by atoms with Gasteiger partial charge in [-0.1, -0.05) is 0 Å².